The van der Waals surface area contributed by atoms with Crippen LogP contribution in [-0.4, -0.2) is 29.1 Å². The molecule has 0 aliphatic rings. The molecule has 1 atom stereocenters. The second-order valence-corrected chi connectivity index (χ2v) is 5.15. The number of nitrogens with one attached hydrogen (secondary N) is 2. The molecule has 1 amide bonds. The zero-order chi connectivity index (χ0) is 15.1. The molecule has 0 aliphatic carbocycles. The Bertz CT molecular complexity index is 640. The molecule has 1 heterocycles. The van der Waals surface area contributed by atoms with E-state index in [1.54, 1.807) is 18.3 Å². The molecule has 0 fully saturated rings. The van der Waals surface area contributed by atoms with Gasteiger partial charge in [-0.3, -0.25) is 4.79 Å². The molecule has 110 valence electrons. The molecule has 2 rings (SSSR count). The molecule has 0 saturated heterocycles. The molecule has 1 unspecified atom stereocenters. The van der Waals surface area contributed by atoms with Crippen LogP contribution >= 0.6 is 12.2 Å². The summed E-state index contributed by atoms with van der Waals surface area (Å²) in [6.07, 6.45) is 2.30. The summed E-state index contributed by atoms with van der Waals surface area (Å²) in [5.74, 6) is -0.114. The Morgan fingerprint density at radius 3 is 2.67 bits per heavy atom. The van der Waals surface area contributed by atoms with Crippen LogP contribution in [0.3, 0.4) is 0 Å². The van der Waals surface area contributed by atoms with Gasteiger partial charge in [0.15, 0.2) is 0 Å². The number of hydrogen-bond acceptors (Lipinski definition) is 3. The molecule has 0 aliphatic heterocycles. The maximum Gasteiger partial charge on any atom is 0.254 e. The molecule has 5 heteroatoms. The smallest absolute Gasteiger partial charge is 0.254 e. The summed E-state index contributed by atoms with van der Waals surface area (Å²) in [7, 11) is 0. The van der Waals surface area contributed by atoms with Crippen LogP contribution < -0.4 is 5.32 Å². The van der Waals surface area contributed by atoms with E-state index in [2.05, 4.69) is 10.3 Å². The first-order valence-corrected chi connectivity index (χ1v) is 7.25. The van der Waals surface area contributed by atoms with Crippen LogP contribution in [0.4, 0.5) is 0 Å². The van der Waals surface area contributed by atoms with Gasteiger partial charge in [0.1, 0.15) is 4.64 Å². The van der Waals surface area contributed by atoms with Gasteiger partial charge in [-0.05, 0) is 24.1 Å². The van der Waals surface area contributed by atoms with Gasteiger partial charge in [0.25, 0.3) is 5.91 Å². The molecular formula is C16H18N2O2S. The number of amides is 1. The number of aromatic amines is 1. The fourth-order valence-electron chi connectivity index (χ4n) is 2.18. The van der Waals surface area contributed by atoms with E-state index in [0.29, 0.717) is 23.2 Å². The Kier molecular flexibility index (Phi) is 5.66. The van der Waals surface area contributed by atoms with Crippen LogP contribution in [-0.2, 0) is 0 Å². The second-order valence-electron chi connectivity index (χ2n) is 4.74. The minimum Gasteiger partial charge on any atom is -0.396 e. The lowest BCUT2D eigenvalue weighted by atomic mass is 9.96. The van der Waals surface area contributed by atoms with Crippen LogP contribution in [0.2, 0.25) is 0 Å². The van der Waals surface area contributed by atoms with E-state index in [-0.39, 0.29) is 18.4 Å². The Balaban J connectivity index is 2.04. The Labute approximate surface area is 128 Å². The average molecular weight is 302 g/mol. The molecule has 3 N–H and O–H groups in total. The van der Waals surface area contributed by atoms with Crippen molar-refractivity contribution < 1.29 is 9.90 Å². The number of carbonyl (C=O) groups excluding carboxylic acids is 1. The van der Waals surface area contributed by atoms with Crippen LogP contribution in [0.1, 0.15) is 28.3 Å². The Morgan fingerprint density at radius 2 is 2.00 bits per heavy atom. The zero-order valence-electron chi connectivity index (χ0n) is 11.6. The summed E-state index contributed by atoms with van der Waals surface area (Å²) >= 11 is 5.10. The second kappa shape index (κ2) is 7.71. The van der Waals surface area contributed by atoms with E-state index in [1.165, 1.54) is 0 Å². The van der Waals surface area contributed by atoms with Crippen molar-refractivity contribution in [2.45, 2.75) is 12.3 Å². The van der Waals surface area contributed by atoms with Gasteiger partial charge in [0.2, 0.25) is 0 Å². The maximum absolute atomic E-state index is 12.1. The summed E-state index contributed by atoms with van der Waals surface area (Å²) < 4.78 is 0.424. The normalized spacial score (nSPS) is 11.9. The van der Waals surface area contributed by atoms with Crippen molar-refractivity contribution in [3.63, 3.8) is 0 Å². The van der Waals surface area contributed by atoms with Gasteiger partial charge < -0.3 is 15.4 Å². The van der Waals surface area contributed by atoms with Crippen molar-refractivity contribution in [2.75, 3.05) is 13.2 Å². The van der Waals surface area contributed by atoms with Crippen LogP contribution in [0, 0.1) is 4.64 Å². The van der Waals surface area contributed by atoms with E-state index in [9.17, 15) is 9.90 Å². The van der Waals surface area contributed by atoms with E-state index < -0.39 is 0 Å². The highest BCUT2D eigenvalue weighted by Gasteiger charge is 2.13. The standard InChI is InChI=1S/C16H18N2O2S/c19-10-8-13(12-5-2-1-3-6-12)11-18-15(20)14-7-4-9-17-16(14)21/h1-7,9,13,19H,8,10-11H2,(H,17,21)(H,18,20). The summed E-state index contributed by atoms with van der Waals surface area (Å²) in [6, 6.07) is 13.3. The van der Waals surface area contributed by atoms with Gasteiger partial charge in [-0.25, -0.2) is 0 Å². The van der Waals surface area contributed by atoms with Crippen LogP contribution in [0.15, 0.2) is 48.7 Å². The number of hydrogen-bond donors (Lipinski definition) is 3. The van der Waals surface area contributed by atoms with Crippen molar-refractivity contribution in [1.29, 1.82) is 0 Å². The number of H-pyrrole nitrogens is 1. The fourth-order valence-corrected chi connectivity index (χ4v) is 2.41. The van der Waals surface area contributed by atoms with Crippen molar-refractivity contribution in [1.82, 2.24) is 10.3 Å². The predicted octanol–water partition coefficient (Wildman–Crippen LogP) is 2.64. The van der Waals surface area contributed by atoms with Crippen LogP contribution in [0.25, 0.3) is 0 Å². The first-order valence-electron chi connectivity index (χ1n) is 6.84. The number of carbonyl (C=O) groups is 1. The average Bonchev–Trinajstić information content (AvgIpc) is 2.52. The van der Waals surface area contributed by atoms with Gasteiger partial charge >= 0.3 is 0 Å². The SMILES string of the molecule is O=C(NCC(CCO)c1ccccc1)c1ccc[nH]c1=S. The molecule has 21 heavy (non-hydrogen) atoms. The molecule has 0 saturated carbocycles. The van der Waals surface area contributed by atoms with Gasteiger partial charge in [-0.2, -0.15) is 0 Å². The van der Waals surface area contributed by atoms with Gasteiger partial charge in [0, 0.05) is 25.3 Å². The van der Waals surface area contributed by atoms with Gasteiger partial charge in [-0.15, -0.1) is 0 Å². The highest BCUT2D eigenvalue weighted by molar-refractivity contribution is 7.71. The van der Waals surface area contributed by atoms with E-state index in [1.807, 2.05) is 30.3 Å². The minimum absolute atomic E-state index is 0.0842. The maximum atomic E-state index is 12.1. The van der Waals surface area contributed by atoms with Crippen molar-refractivity contribution >= 4 is 18.1 Å². The van der Waals surface area contributed by atoms with E-state index in [0.717, 1.165) is 5.56 Å². The molecule has 0 bridgehead atoms. The van der Waals surface area contributed by atoms with E-state index >= 15 is 0 Å². The first kappa shape index (κ1) is 15.4. The Hall–Kier alpha value is -1.98. The van der Waals surface area contributed by atoms with Crippen molar-refractivity contribution in [3.8, 4) is 0 Å². The lowest BCUT2D eigenvalue weighted by Gasteiger charge is -2.17. The predicted molar refractivity (Wildman–Crippen MR) is 84.8 cm³/mol. The lowest BCUT2D eigenvalue weighted by molar-refractivity contribution is 0.0948. The molecule has 1 aromatic carbocycles. The van der Waals surface area contributed by atoms with Crippen molar-refractivity contribution in [3.05, 3.63) is 64.4 Å². The quantitative estimate of drug-likeness (QED) is 0.719. The van der Waals surface area contributed by atoms with Gasteiger partial charge in [-0.1, -0.05) is 42.5 Å². The highest BCUT2D eigenvalue weighted by Crippen LogP contribution is 2.18. The zero-order valence-corrected chi connectivity index (χ0v) is 12.4. The first-order chi connectivity index (χ1) is 10.2. The van der Waals surface area contributed by atoms with Gasteiger partial charge in [0.05, 0.1) is 5.56 Å². The number of benzene rings is 1. The molecular weight excluding hydrogens is 284 g/mol. The number of aromatic nitrogens is 1. The van der Waals surface area contributed by atoms with Crippen molar-refractivity contribution in [2.24, 2.45) is 0 Å². The van der Waals surface area contributed by atoms with Crippen LogP contribution in [0.5, 0.6) is 0 Å². The third kappa shape index (κ3) is 4.24. The summed E-state index contributed by atoms with van der Waals surface area (Å²) in [5.41, 5.74) is 1.56. The summed E-state index contributed by atoms with van der Waals surface area (Å²) in [6.45, 7) is 0.550. The molecule has 4 nitrogen and oxygen atoms in total. The number of aliphatic hydroxyl groups excluding tert-OH is 1. The highest BCUT2D eigenvalue weighted by atomic mass is 32.1. The third-order valence-corrected chi connectivity index (χ3v) is 3.66. The van der Waals surface area contributed by atoms with E-state index in [4.69, 9.17) is 12.2 Å². The summed E-state index contributed by atoms with van der Waals surface area (Å²) in [5, 5.41) is 12.1. The fraction of sp³-hybridized carbons (Fsp3) is 0.250. The topological polar surface area (TPSA) is 65.1 Å². The molecule has 1 aromatic heterocycles. The molecule has 2 aromatic rings. The number of aliphatic hydroxyl groups is 1. The number of rotatable bonds is 6. The third-order valence-electron chi connectivity index (χ3n) is 3.32. The minimum atomic E-state index is -0.198. The lowest BCUT2D eigenvalue weighted by Crippen LogP contribution is -2.29. The molecule has 0 radical (unpaired) electrons. The molecule has 0 spiro atoms. The largest absolute Gasteiger partial charge is 0.396 e. The Morgan fingerprint density at radius 1 is 1.24 bits per heavy atom. The summed E-state index contributed by atoms with van der Waals surface area (Å²) in [4.78, 5) is 15.0. The number of pyridine rings is 1. The monoisotopic (exact) mass is 302 g/mol.